The van der Waals surface area contributed by atoms with Gasteiger partial charge in [0.1, 0.15) is 28.1 Å². The fourth-order valence-electron chi connectivity index (χ4n) is 4.37. The summed E-state index contributed by atoms with van der Waals surface area (Å²) in [6, 6.07) is 7.09. The molecular weight excluding hydrogens is 431 g/mol. The summed E-state index contributed by atoms with van der Waals surface area (Å²) in [7, 11) is 0. The molecule has 7 nitrogen and oxygen atoms in total. The molecule has 0 aliphatic heterocycles. The van der Waals surface area contributed by atoms with Crippen molar-refractivity contribution in [2.24, 2.45) is 11.3 Å². The molecule has 2 atom stereocenters. The average molecular weight is 457 g/mol. The van der Waals surface area contributed by atoms with Crippen molar-refractivity contribution in [1.29, 1.82) is 0 Å². The Morgan fingerprint density at radius 2 is 2.03 bits per heavy atom. The average Bonchev–Trinajstić information content (AvgIpc) is 3.21. The van der Waals surface area contributed by atoms with E-state index in [-0.39, 0.29) is 5.82 Å². The van der Waals surface area contributed by atoms with E-state index in [1.165, 1.54) is 11.3 Å². The monoisotopic (exact) mass is 456 g/mol. The van der Waals surface area contributed by atoms with Gasteiger partial charge >= 0.3 is 5.97 Å². The number of nitrogens with one attached hydrogen (secondary N) is 1. The first-order chi connectivity index (χ1) is 15.1. The second kappa shape index (κ2) is 8.22. The van der Waals surface area contributed by atoms with Crippen LogP contribution in [0.4, 0.5) is 16.0 Å². The van der Waals surface area contributed by atoms with E-state index < -0.39 is 22.9 Å². The number of carboxylic acids is 1. The smallest absolute Gasteiger partial charge is 0.307 e. The molecule has 0 unspecified atom stereocenters. The third kappa shape index (κ3) is 4.35. The summed E-state index contributed by atoms with van der Waals surface area (Å²) in [6.07, 6.45) is 3.92. The zero-order valence-electron chi connectivity index (χ0n) is 18.1. The highest BCUT2D eigenvalue weighted by atomic mass is 32.1. The van der Waals surface area contributed by atoms with Crippen LogP contribution in [0.3, 0.4) is 0 Å². The fraction of sp³-hybridized carbons (Fsp3) is 0.391. The van der Waals surface area contributed by atoms with Crippen molar-refractivity contribution >= 4 is 28.9 Å². The number of hydrogen-bond acceptors (Lipinski definition) is 7. The predicted octanol–water partition coefficient (Wildman–Crippen LogP) is 4.89. The Balaban J connectivity index is 1.55. The van der Waals surface area contributed by atoms with Gasteiger partial charge in [-0.15, -0.1) is 11.3 Å². The molecule has 3 N–H and O–H groups in total. The number of aliphatic carboxylic acids is 1. The maximum Gasteiger partial charge on any atom is 0.307 e. The van der Waals surface area contributed by atoms with Gasteiger partial charge in [-0.1, -0.05) is 19.9 Å². The lowest BCUT2D eigenvalue weighted by Gasteiger charge is -2.44. The summed E-state index contributed by atoms with van der Waals surface area (Å²) in [5.74, 6) is -0.637. The Morgan fingerprint density at radius 3 is 2.72 bits per heavy atom. The molecule has 4 rings (SSSR count). The molecule has 0 bridgehead atoms. The Morgan fingerprint density at radius 1 is 1.25 bits per heavy atom. The van der Waals surface area contributed by atoms with Gasteiger partial charge in [-0.3, -0.25) is 4.79 Å². The number of anilines is 2. The molecule has 0 aromatic carbocycles. The van der Waals surface area contributed by atoms with Crippen LogP contribution in [-0.4, -0.2) is 31.1 Å². The molecule has 1 saturated carbocycles. The number of carbonyl (C=O) groups is 1. The molecule has 0 amide bonds. The van der Waals surface area contributed by atoms with Crippen LogP contribution < -0.4 is 5.32 Å². The summed E-state index contributed by atoms with van der Waals surface area (Å²) in [6.45, 7) is 5.43. The number of aromatic nitrogens is 3. The number of hydrogen-bond donors (Lipinski definition) is 3. The first-order valence-electron chi connectivity index (χ1n) is 10.4. The van der Waals surface area contributed by atoms with E-state index in [2.05, 4.69) is 20.3 Å². The molecule has 0 saturated heterocycles. The van der Waals surface area contributed by atoms with Gasteiger partial charge in [0.25, 0.3) is 0 Å². The van der Waals surface area contributed by atoms with Gasteiger partial charge in [0.2, 0.25) is 0 Å². The van der Waals surface area contributed by atoms with Crippen molar-refractivity contribution in [3.8, 4) is 10.6 Å². The highest BCUT2D eigenvalue weighted by Gasteiger charge is 2.49. The minimum atomic E-state index is -1.16. The third-order valence-electron chi connectivity index (χ3n) is 6.04. The summed E-state index contributed by atoms with van der Waals surface area (Å²) in [5.41, 5.74) is -0.546. The van der Waals surface area contributed by atoms with Gasteiger partial charge in [-0.2, -0.15) is 0 Å². The number of aryl methyl sites for hydroxylation is 1. The number of rotatable bonds is 5. The fourth-order valence-corrected chi connectivity index (χ4v) is 5.37. The second-order valence-electron chi connectivity index (χ2n) is 9.01. The Kier molecular flexibility index (Phi) is 5.72. The molecule has 3 aromatic heterocycles. The molecule has 1 fully saturated rings. The first-order valence-corrected chi connectivity index (χ1v) is 11.2. The number of nitrogens with zero attached hydrogens (tertiary/aromatic N) is 3. The zero-order chi connectivity index (χ0) is 23.1. The molecular formula is C23H25FN4O3S. The van der Waals surface area contributed by atoms with Crippen molar-refractivity contribution in [3.63, 3.8) is 0 Å². The molecule has 0 radical (unpaired) electrons. The van der Waals surface area contributed by atoms with Crippen molar-refractivity contribution in [2.45, 2.75) is 45.6 Å². The van der Waals surface area contributed by atoms with Gasteiger partial charge in [0, 0.05) is 6.20 Å². The van der Waals surface area contributed by atoms with Gasteiger partial charge < -0.3 is 15.5 Å². The lowest BCUT2D eigenvalue weighted by atomic mass is 9.63. The number of thiazole rings is 1. The standard InChI is InChI=1S/C23H25FN4O3S/c1-13-9-19(25-10-15(13)24)28-18-6-4-5-16(27-18)17-11-26-21(32-17)23(31)8-7-14(20(29)30)22(2,3)12-23/h4-6,9-11,14,31H,7-8,12H2,1-3H3,(H,29,30)(H,25,27,28)/t14-,23-/m0/s1. The Bertz CT molecular complexity index is 1170. The highest BCUT2D eigenvalue weighted by molar-refractivity contribution is 7.15. The van der Waals surface area contributed by atoms with Crippen LogP contribution in [0.15, 0.2) is 36.7 Å². The van der Waals surface area contributed by atoms with Crippen LogP contribution in [0.5, 0.6) is 0 Å². The molecule has 3 heterocycles. The molecule has 1 aliphatic carbocycles. The molecule has 9 heteroatoms. The van der Waals surface area contributed by atoms with Crippen LogP contribution >= 0.6 is 11.3 Å². The van der Waals surface area contributed by atoms with Crippen LogP contribution in [0, 0.1) is 24.1 Å². The van der Waals surface area contributed by atoms with Crippen molar-refractivity contribution in [3.05, 3.63) is 53.0 Å². The molecule has 1 aliphatic rings. The lowest BCUT2D eigenvalue weighted by molar-refractivity contribution is -0.154. The third-order valence-corrected chi connectivity index (χ3v) is 7.26. The predicted molar refractivity (Wildman–Crippen MR) is 120 cm³/mol. The SMILES string of the molecule is Cc1cc(Nc2cccc(-c3cnc([C@]4(O)CC[C@@H](C(=O)O)C(C)(C)C4)s3)n2)ncc1F. The largest absolute Gasteiger partial charge is 0.481 e. The van der Waals surface area contributed by atoms with Crippen molar-refractivity contribution in [2.75, 3.05) is 5.32 Å². The second-order valence-corrected chi connectivity index (χ2v) is 10.0. The van der Waals surface area contributed by atoms with E-state index in [4.69, 9.17) is 0 Å². The van der Waals surface area contributed by atoms with Crippen LogP contribution in [0.2, 0.25) is 0 Å². The van der Waals surface area contributed by atoms with Crippen LogP contribution in [0.1, 0.15) is 43.7 Å². The normalized spacial score (nSPS) is 22.5. The van der Waals surface area contributed by atoms with Crippen LogP contribution in [-0.2, 0) is 10.4 Å². The number of carboxylic acid groups (broad SMARTS) is 1. The van der Waals surface area contributed by atoms with Gasteiger partial charge in [-0.25, -0.2) is 19.3 Å². The van der Waals surface area contributed by atoms with E-state index in [1.54, 1.807) is 25.3 Å². The summed E-state index contributed by atoms with van der Waals surface area (Å²) < 4.78 is 13.5. The Labute approximate surface area is 189 Å². The highest BCUT2D eigenvalue weighted by Crippen LogP contribution is 2.50. The minimum Gasteiger partial charge on any atom is -0.481 e. The summed E-state index contributed by atoms with van der Waals surface area (Å²) in [4.78, 5) is 25.5. The van der Waals surface area contributed by atoms with E-state index in [9.17, 15) is 19.4 Å². The first kappa shape index (κ1) is 22.3. The summed E-state index contributed by atoms with van der Waals surface area (Å²) in [5, 5.41) is 24.5. The van der Waals surface area contributed by atoms with Crippen molar-refractivity contribution < 1.29 is 19.4 Å². The van der Waals surface area contributed by atoms with E-state index in [0.717, 1.165) is 11.1 Å². The summed E-state index contributed by atoms with van der Waals surface area (Å²) >= 11 is 1.36. The maximum atomic E-state index is 13.5. The van der Waals surface area contributed by atoms with Gasteiger partial charge in [0.15, 0.2) is 0 Å². The number of pyridine rings is 2. The number of halogens is 1. The van der Waals surface area contributed by atoms with Gasteiger partial charge in [0.05, 0.1) is 22.7 Å². The topological polar surface area (TPSA) is 108 Å². The molecule has 32 heavy (non-hydrogen) atoms. The Hall–Kier alpha value is -2.91. The van der Waals surface area contributed by atoms with E-state index >= 15 is 0 Å². The molecule has 3 aromatic rings. The maximum absolute atomic E-state index is 13.5. The van der Waals surface area contributed by atoms with Crippen molar-refractivity contribution in [1.82, 2.24) is 15.0 Å². The minimum absolute atomic E-state index is 0.328. The van der Waals surface area contributed by atoms with E-state index in [1.807, 2.05) is 26.0 Å². The van der Waals surface area contributed by atoms with Crippen LogP contribution in [0.25, 0.3) is 10.6 Å². The molecule has 168 valence electrons. The zero-order valence-corrected chi connectivity index (χ0v) is 18.9. The van der Waals surface area contributed by atoms with E-state index in [0.29, 0.717) is 47.2 Å². The quantitative estimate of drug-likeness (QED) is 0.502. The van der Waals surface area contributed by atoms with Gasteiger partial charge in [-0.05, 0) is 55.4 Å². The molecule has 0 spiro atoms. The number of aliphatic hydroxyl groups is 1. The lowest BCUT2D eigenvalue weighted by Crippen LogP contribution is -2.44.